The minimum absolute atomic E-state index is 0.0888. The maximum atomic E-state index is 13.5. The average Bonchev–Trinajstić information content (AvgIpc) is 2.43. The van der Waals surface area contributed by atoms with E-state index in [1.54, 1.807) is 0 Å². The van der Waals surface area contributed by atoms with Gasteiger partial charge in [-0.3, -0.25) is 4.79 Å². The lowest BCUT2D eigenvalue weighted by atomic mass is 10.0. The van der Waals surface area contributed by atoms with Gasteiger partial charge in [-0.15, -0.1) is 0 Å². The smallest absolute Gasteiger partial charge is 0.298 e. The van der Waals surface area contributed by atoms with Crippen LogP contribution in [0.2, 0.25) is 0 Å². The van der Waals surface area contributed by atoms with Crippen LogP contribution in [0, 0.1) is 0 Å². The zero-order valence-electron chi connectivity index (χ0n) is 10.6. The highest BCUT2D eigenvalue weighted by atomic mass is 19.4. The fraction of sp³-hybridized carbons (Fsp3) is 0.308. The van der Waals surface area contributed by atoms with Crippen molar-refractivity contribution in [3.8, 4) is 0 Å². The molecule has 0 fully saturated rings. The molecule has 122 valence electrons. The number of alkyl halides is 7. The van der Waals surface area contributed by atoms with E-state index in [1.807, 2.05) is 0 Å². The molecule has 1 aromatic rings. The highest BCUT2D eigenvalue weighted by molar-refractivity contribution is 5.75. The van der Waals surface area contributed by atoms with Crippen LogP contribution < -0.4 is 0 Å². The number of rotatable bonds is 5. The Bertz CT molecular complexity index is 559. The number of benzene rings is 1. The molecule has 0 aliphatic heterocycles. The Kier molecular flexibility index (Phi) is 4.99. The van der Waals surface area contributed by atoms with Crippen LogP contribution in [0.1, 0.15) is 5.56 Å². The van der Waals surface area contributed by atoms with Crippen LogP contribution in [-0.4, -0.2) is 24.3 Å². The second-order valence-corrected chi connectivity index (χ2v) is 4.27. The van der Waals surface area contributed by atoms with Gasteiger partial charge in [0.1, 0.15) is 6.29 Å². The van der Waals surface area contributed by atoms with E-state index in [9.17, 15) is 39.9 Å². The summed E-state index contributed by atoms with van der Waals surface area (Å²) in [5, 5.41) is 0. The van der Waals surface area contributed by atoms with Gasteiger partial charge in [-0.1, -0.05) is 30.3 Å². The number of hydrogen-bond donors (Lipinski definition) is 0. The standard InChI is InChI=1S/C13H8F8O/c14-10(11(15,16)12(17,18)13(19,20)21)9(7-22)6-8-4-2-1-3-5-8/h1-5,7H,6H2. The topological polar surface area (TPSA) is 17.1 Å². The van der Waals surface area contributed by atoms with E-state index in [0.29, 0.717) is 0 Å². The highest BCUT2D eigenvalue weighted by Crippen LogP contribution is 2.50. The molecule has 0 spiro atoms. The molecule has 0 heterocycles. The largest absolute Gasteiger partial charge is 0.460 e. The van der Waals surface area contributed by atoms with Crippen LogP contribution in [-0.2, 0) is 11.2 Å². The van der Waals surface area contributed by atoms with E-state index < -0.39 is 42.1 Å². The summed E-state index contributed by atoms with van der Waals surface area (Å²) >= 11 is 0. The molecule has 0 saturated heterocycles. The van der Waals surface area contributed by atoms with Crippen molar-refractivity contribution in [1.29, 1.82) is 0 Å². The predicted molar refractivity (Wildman–Crippen MR) is 60.3 cm³/mol. The van der Waals surface area contributed by atoms with Crippen molar-refractivity contribution in [2.45, 2.75) is 24.4 Å². The third kappa shape index (κ3) is 3.28. The molecule has 0 aliphatic carbocycles. The monoisotopic (exact) mass is 332 g/mol. The van der Waals surface area contributed by atoms with Crippen LogP contribution in [0.3, 0.4) is 0 Å². The molecular weight excluding hydrogens is 324 g/mol. The van der Waals surface area contributed by atoms with E-state index >= 15 is 0 Å². The molecular formula is C13H8F8O. The molecule has 0 saturated carbocycles. The summed E-state index contributed by atoms with van der Waals surface area (Å²) < 4.78 is 101. The number of halogens is 8. The highest BCUT2D eigenvalue weighted by Gasteiger charge is 2.75. The predicted octanol–water partition coefficient (Wildman–Crippen LogP) is 4.48. The zero-order valence-corrected chi connectivity index (χ0v) is 10.6. The Morgan fingerprint density at radius 2 is 1.45 bits per heavy atom. The second kappa shape index (κ2) is 6.05. The molecule has 1 aromatic carbocycles. The fourth-order valence-corrected chi connectivity index (χ4v) is 1.50. The van der Waals surface area contributed by atoms with Crippen molar-refractivity contribution >= 4 is 6.29 Å². The van der Waals surface area contributed by atoms with Crippen LogP contribution in [0.4, 0.5) is 35.1 Å². The van der Waals surface area contributed by atoms with Crippen molar-refractivity contribution in [3.63, 3.8) is 0 Å². The fourth-order valence-electron chi connectivity index (χ4n) is 1.50. The molecule has 0 radical (unpaired) electrons. The first kappa shape index (κ1) is 18.1. The number of aldehydes is 1. The molecule has 0 N–H and O–H groups in total. The Labute approximate surface area is 119 Å². The minimum atomic E-state index is -6.67. The summed E-state index contributed by atoms with van der Waals surface area (Å²) in [5.74, 6) is -15.9. The zero-order chi connectivity index (χ0) is 17.2. The second-order valence-electron chi connectivity index (χ2n) is 4.27. The lowest BCUT2D eigenvalue weighted by Gasteiger charge is -2.27. The molecule has 0 unspecified atom stereocenters. The molecule has 0 bridgehead atoms. The van der Waals surface area contributed by atoms with Crippen molar-refractivity contribution in [3.05, 3.63) is 47.3 Å². The van der Waals surface area contributed by atoms with Gasteiger partial charge in [0.05, 0.1) is 0 Å². The van der Waals surface area contributed by atoms with E-state index in [1.165, 1.54) is 30.3 Å². The van der Waals surface area contributed by atoms with Crippen molar-refractivity contribution in [2.75, 3.05) is 0 Å². The summed E-state index contributed by atoms with van der Waals surface area (Å²) in [6.45, 7) is 0. The van der Waals surface area contributed by atoms with Gasteiger partial charge in [-0.05, 0) is 5.56 Å². The van der Waals surface area contributed by atoms with Gasteiger partial charge >= 0.3 is 18.0 Å². The number of carbonyl (C=O) groups excluding carboxylic acids is 1. The van der Waals surface area contributed by atoms with Crippen LogP contribution in [0.25, 0.3) is 0 Å². The molecule has 9 heteroatoms. The van der Waals surface area contributed by atoms with E-state index in [0.717, 1.165) is 0 Å². The summed E-state index contributed by atoms with van der Waals surface area (Å²) in [6.07, 6.45) is -8.03. The van der Waals surface area contributed by atoms with Gasteiger partial charge in [0.15, 0.2) is 5.83 Å². The van der Waals surface area contributed by atoms with Gasteiger partial charge < -0.3 is 0 Å². The molecule has 1 nitrogen and oxygen atoms in total. The third-order valence-electron chi connectivity index (χ3n) is 2.69. The van der Waals surface area contributed by atoms with Crippen LogP contribution >= 0.6 is 0 Å². The average molecular weight is 332 g/mol. The van der Waals surface area contributed by atoms with Crippen molar-refractivity contribution in [2.24, 2.45) is 0 Å². The SMILES string of the molecule is O=CC(Cc1ccccc1)=C(F)C(F)(F)C(F)(F)C(F)(F)F. The first-order valence-electron chi connectivity index (χ1n) is 5.65. The van der Waals surface area contributed by atoms with E-state index in [-0.39, 0.29) is 5.56 Å². The molecule has 0 atom stereocenters. The van der Waals surface area contributed by atoms with E-state index in [2.05, 4.69) is 0 Å². The molecule has 0 aliphatic rings. The van der Waals surface area contributed by atoms with Gasteiger partial charge in [-0.25, -0.2) is 4.39 Å². The quantitative estimate of drug-likeness (QED) is 0.441. The first-order chi connectivity index (χ1) is 9.95. The van der Waals surface area contributed by atoms with Gasteiger partial charge in [0, 0.05) is 12.0 Å². The Morgan fingerprint density at radius 1 is 0.955 bits per heavy atom. The Morgan fingerprint density at radius 3 is 1.86 bits per heavy atom. The molecule has 0 aromatic heterocycles. The number of allylic oxidation sites excluding steroid dienone is 2. The summed E-state index contributed by atoms with van der Waals surface area (Å²) in [4.78, 5) is 10.6. The third-order valence-corrected chi connectivity index (χ3v) is 2.69. The summed E-state index contributed by atoms with van der Waals surface area (Å²) in [6, 6.07) is 6.79. The number of carbonyl (C=O) groups is 1. The lowest BCUT2D eigenvalue weighted by molar-refractivity contribution is -0.347. The normalized spacial score (nSPS) is 14.5. The first-order valence-corrected chi connectivity index (χ1v) is 5.65. The van der Waals surface area contributed by atoms with E-state index in [4.69, 9.17) is 0 Å². The van der Waals surface area contributed by atoms with Crippen molar-refractivity contribution in [1.82, 2.24) is 0 Å². The van der Waals surface area contributed by atoms with Gasteiger partial charge in [-0.2, -0.15) is 30.7 Å². The minimum Gasteiger partial charge on any atom is -0.298 e. The van der Waals surface area contributed by atoms with Crippen LogP contribution in [0.15, 0.2) is 41.7 Å². The molecule has 0 amide bonds. The summed E-state index contributed by atoms with van der Waals surface area (Å²) in [7, 11) is 0. The summed E-state index contributed by atoms with van der Waals surface area (Å²) in [5.41, 5.74) is -1.40. The van der Waals surface area contributed by atoms with Gasteiger partial charge in [0.2, 0.25) is 0 Å². The Balaban J connectivity index is 3.27. The maximum absolute atomic E-state index is 13.5. The maximum Gasteiger partial charge on any atom is 0.460 e. The van der Waals surface area contributed by atoms with Crippen LogP contribution in [0.5, 0.6) is 0 Å². The molecule has 1 rings (SSSR count). The van der Waals surface area contributed by atoms with Gasteiger partial charge in [0.25, 0.3) is 0 Å². The molecule has 22 heavy (non-hydrogen) atoms. The lowest BCUT2D eigenvalue weighted by Crippen LogP contribution is -2.52. The Hall–Kier alpha value is -1.93. The number of hydrogen-bond acceptors (Lipinski definition) is 1. The van der Waals surface area contributed by atoms with Crippen molar-refractivity contribution < 1.29 is 39.9 Å².